The molecular formula is C17H26NO4P. The zero-order valence-electron chi connectivity index (χ0n) is 14.0. The number of alkyl carbamates (subject to hydrolysis) is 1. The predicted molar refractivity (Wildman–Crippen MR) is 92.7 cm³/mol. The summed E-state index contributed by atoms with van der Waals surface area (Å²) < 4.78 is 23.2. The predicted octanol–water partition coefficient (Wildman–Crippen LogP) is 4.40. The maximum absolute atomic E-state index is 12.7. The number of carbonyl (C=O) groups is 1. The van der Waals surface area contributed by atoms with Crippen molar-refractivity contribution in [1.82, 2.24) is 5.32 Å². The zero-order valence-corrected chi connectivity index (χ0v) is 14.9. The molecule has 2 atom stereocenters. The molecule has 0 saturated heterocycles. The highest BCUT2D eigenvalue weighted by Crippen LogP contribution is 2.49. The molecule has 128 valence electrons. The number of ether oxygens (including phenoxy) is 1. The fraction of sp³-hybridized carbons (Fsp3) is 0.471. The van der Waals surface area contributed by atoms with Gasteiger partial charge in [0.25, 0.3) is 0 Å². The average molecular weight is 339 g/mol. The fourth-order valence-electron chi connectivity index (χ4n) is 2.01. The molecule has 6 heteroatoms. The van der Waals surface area contributed by atoms with Crippen molar-refractivity contribution in [2.45, 2.75) is 32.7 Å². The molecule has 1 rings (SSSR count). The van der Waals surface area contributed by atoms with Gasteiger partial charge in [-0.3, -0.25) is 4.57 Å². The van der Waals surface area contributed by atoms with Crippen molar-refractivity contribution < 1.29 is 18.6 Å². The van der Waals surface area contributed by atoms with E-state index in [-0.39, 0.29) is 19.1 Å². The van der Waals surface area contributed by atoms with Gasteiger partial charge in [-0.15, -0.1) is 6.58 Å². The zero-order chi connectivity index (χ0) is 17.3. The van der Waals surface area contributed by atoms with Gasteiger partial charge in [0.1, 0.15) is 12.4 Å². The lowest BCUT2D eigenvalue weighted by Crippen LogP contribution is -2.36. The van der Waals surface area contributed by atoms with E-state index in [0.29, 0.717) is 6.42 Å². The van der Waals surface area contributed by atoms with Crippen LogP contribution in [0.25, 0.3) is 0 Å². The Bertz CT molecular complexity index is 545. The van der Waals surface area contributed by atoms with Crippen molar-refractivity contribution >= 4 is 13.5 Å². The maximum atomic E-state index is 12.7. The minimum atomic E-state index is -3.01. The fourth-order valence-corrected chi connectivity index (χ4v) is 3.73. The summed E-state index contributed by atoms with van der Waals surface area (Å²) in [5.74, 6) is -0.319. The lowest BCUT2D eigenvalue weighted by molar-refractivity contribution is 0.136. The van der Waals surface area contributed by atoms with Gasteiger partial charge < -0.3 is 14.6 Å². The molecule has 5 nitrogen and oxygen atoms in total. The van der Waals surface area contributed by atoms with Gasteiger partial charge in [-0.05, 0) is 17.9 Å². The summed E-state index contributed by atoms with van der Waals surface area (Å²) in [6, 6.07) is 9.39. The SMILES string of the molecule is C=CCOP(C)(=O)C(CC(C)C)NC(=O)OCc1ccccc1. The van der Waals surface area contributed by atoms with Crippen molar-refractivity contribution in [2.75, 3.05) is 13.3 Å². The van der Waals surface area contributed by atoms with Crippen LogP contribution in [0.15, 0.2) is 43.0 Å². The van der Waals surface area contributed by atoms with Crippen LogP contribution in [0.1, 0.15) is 25.8 Å². The second-order valence-corrected chi connectivity index (χ2v) is 8.54. The monoisotopic (exact) mass is 339 g/mol. The lowest BCUT2D eigenvalue weighted by atomic mass is 10.1. The summed E-state index contributed by atoms with van der Waals surface area (Å²) >= 11 is 0. The van der Waals surface area contributed by atoms with E-state index in [2.05, 4.69) is 11.9 Å². The van der Waals surface area contributed by atoms with Crippen LogP contribution in [0, 0.1) is 5.92 Å². The van der Waals surface area contributed by atoms with Crippen LogP contribution in [-0.4, -0.2) is 25.1 Å². The summed E-state index contributed by atoms with van der Waals surface area (Å²) in [7, 11) is -3.01. The molecule has 0 fully saturated rings. The summed E-state index contributed by atoms with van der Waals surface area (Å²) in [6.07, 6.45) is 1.49. The molecule has 0 aliphatic rings. The van der Waals surface area contributed by atoms with Crippen molar-refractivity contribution in [2.24, 2.45) is 5.92 Å². The van der Waals surface area contributed by atoms with E-state index in [4.69, 9.17) is 9.26 Å². The first-order valence-electron chi connectivity index (χ1n) is 7.65. The smallest absolute Gasteiger partial charge is 0.408 e. The van der Waals surface area contributed by atoms with Crippen LogP contribution in [0.5, 0.6) is 0 Å². The molecule has 0 saturated carbocycles. The van der Waals surface area contributed by atoms with Crippen molar-refractivity contribution in [1.29, 1.82) is 0 Å². The Morgan fingerprint density at radius 1 is 1.35 bits per heavy atom. The van der Waals surface area contributed by atoms with Gasteiger partial charge in [0.05, 0.1) is 6.61 Å². The number of hydrogen-bond acceptors (Lipinski definition) is 4. The molecule has 0 aliphatic carbocycles. The van der Waals surface area contributed by atoms with Gasteiger partial charge in [-0.25, -0.2) is 4.79 Å². The molecule has 0 bridgehead atoms. The average Bonchev–Trinajstić information content (AvgIpc) is 2.51. The Hall–Kier alpha value is -1.58. The quantitative estimate of drug-likeness (QED) is 0.535. The highest BCUT2D eigenvalue weighted by molar-refractivity contribution is 7.58. The van der Waals surface area contributed by atoms with Crippen LogP contribution in [0.2, 0.25) is 0 Å². The second kappa shape index (κ2) is 9.53. The van der Waals surface area contributed by atoms with Gasteiger partial charge in [0.2, 0.25) is 7.37 Å². The normalized spacial score (nSPS) is 14.8. The minimum Gasteiger partial charge on any atom is -0.445 e. The molecule has 0 aromatic heterocycles. The summed E-state index contributed by atoms with van der Waals surface area (Å²) in [5, 5.41) is 2.68. The Morgan fingerprint density at radius 2 is 2.00 bits per heavy atom. The highest BCUT2D eigenvalue weighted by atomic mass is 31.2. The lowest BCUT2D eigenvalue weighted by Gasteiger charge is -2.26. The standard InChI is InChI=1S/C17H26NO4P/c1-5-11-22-23(4,20)16(12-14(2)3)18-17(19)21-13-15-9-7-6-8-10-15/h5-10,14,16H,1,11-13H2,2-4H3,(H,18,19). The summed E-state index contributed by atoms with van der Waals surface area (Å²) in [4.78, 5) is 12.0. The number of amides is 1. The summed E-state index contributed by atoms with van der Waals surface area (Å²) in [5.41, 5.74) is 0.894. The first kappa shape index (κ1) is 19.5. The molecular weight excluding hydrogens is 313 g/mol. The molecule has 1 amide bonds. The Labute approximate surface area is 138 Å². The van der Waals surface area contributed by atoms with Crippen LogP contribution < -0.4 is 5.32 Å². The van der Waals surface area contributed by atoms with Gasteiger partial charge in [-0.2, -0.15) is 0 Å². The van der Waals surface area contributed by atoms with Crippen LogP contribution >= 0.6 is 7.37 Å². The molecule has 2 unspecified atom stereocenters. The molecule has 0 heterocycles. The first-order valence-corrected chi connectivity index (χ1v) is 9.79. The van der Waals surface area contributed by atoms with E-state index >= 15 is 0 Å². The Balaban J connectivity index is 2.63. The number of benzene rings is 1. The number of rotatable bonds is 9. The van der Waals surface area contributed by atoms with E-state index in [9.17, 15) is 9.36 Å². The maximum Gasteiger partial charge on any atom is 0.408 e. The van der Waals surface area contributed by atoms with Crippen LogP contribution in [0.3, 0.4) is 0 Å². The van der Waals surface area contributed by atoms with Gasteiger partial charge >= 0.3 is 6.09 Å². The second-order valence-electron chi connectivity index (χ2n) is 5.84. The largest absolute Gasteiger partial charge is 0.445 e. The number of hydrogen-bond donors (Lipinski definition) is 1. The van der Waals surface area contributed by atoms with Gasteiger partial charge in [0, 0.05) is 6.66 Å². The van der Waals surface area contributed by atoms with E-state index < -0.39 is 19.2 Å². The first-order chi connectivity index (χ1) is 10.8. The third kappa shape index (κ3) is 7.49. The summed E-state index contributed by atoms with van der Waals surface area (Å²) in [6.45, 7) is 9.43. The van der Waals surface area contributed by atoms with E-state index in [1.165, 1.54) is 12.7 Å². The molecule has 1 N–H and O–H groups in total. The van der Waals surface area contributed by atoms with E-state index in [1.54, 1.807) is 0 Å². The minimum absolute atomic E-state index is 0.169. The van der Waals surface area contributed by atoms with E-state index in [0.717, 1.165) is 5.56 Å². The molecule has 1 aromatic rings. The van der Waals surface area contributed by atoms with Crippen molar-refractivity contribution in [3.05, 3.63) is 48.6 Å². The molecule has 1 aromatic carbocycles. The molecule has 23 heavy (non-hydrogen) atoms. The van der Waals surface area contributed by atoms with Crippen molar-refractivity contribution in [3.63, 3.8) is 0 Å². The third-order valence-electron chi connectivity index (χ3n) is 3.21. The molecule has 0 radical (unpaired) electrons. The van der Waals surface area contributed by atoms with Gasteiger partial charge in [0.15, 0.2) is 0 Å². The van der Waals surface area contributed by atoms with E-state index in [1.807, 2.05) is 44.2 Å². The topological polar surface area (TPSA) is 64.6 Å². The number of nitrogens with one attached hydrogen (secondary N) is 1. The highest BCUT2D eigenvalue weighted by Gasteiger charge is 2.31. The van der Waals surface area contributed by atoms with Crippen LogP contribution in [-0.2, 0) is 20.4 Å². The Morgan fingerprint density at radius 3 is 2.57 bits per heavy atom. The van der Waals surface area contributed by atoms with Gasteiger partial charge in [-0.1, -0.05) is 50.3 Å². The molecule has 0 aliphatic heterocycles. The number of carbonyl (C=O) groups excluding carboxylic acids is 1. The van der Waals surface area contributed by atoms with Crippen molar-refractivity contribution in [3.8, 4) is 0 Å². The molecule has 0 spiro atoms. The third-order valence-corrected chi connectivity index (χ3v) is 5.34. The Kier molecular flexibility index (Phi) is 8.07. The van der Waals surface area contributed by atoms with Crippen LogP contribution in [0.4, 0.5) is 4.79 Å².